The average Bonchev–Trinajstić information content (AvgIpc) is 2.30. The zero-order valence-corrected chi connectivity index (χ0v) is 9.27. The summed E-state index contributed by atoms with van der Waals surface area (Å²) in [6, 6.07) is 7.91. The lowest BCUT2D eigenvalue weighted by Gasteiger charge is -2.19. The molecule has 0 aliphatic carbocycles. The Balaban J connectivity index is 2.95. The number of nitrogens with zero attached hydrogens (tertiary/aromatic N) is 2. The second-order valence-electron chi connectivity index (χ2n) is 3.44. The number of nitriles is 1. The fraction of sp³-hybridized carbons (Fsp3) is 0.333. The Labute approximate surface area is 94.1 Å². The van der Waals surface area contributed by atoms with E-state index in [1.807, 2.05) is 6.07 Å². The monoisotopic (exact) mass is 220 g/mol. The molecule has 1 rings (SSSR count). The molecule has 84 valence electrons. The minimum Gasteiger partial charge on any atom is -0.312 e. The van der Waals surface area contributed by atoms with E-state index in [1.165, 1.54) is 24.1 Å². The molecule has 0 bridgehead atoms. The van der Waals surface area contributed by atoms with Gasteiger partial charge in [0.25, 0.3) is 0 Å². The molecule has 0 fully saturated rings. The van der Waals surface area contributed by atoms with Crippen LogP contribution in [0.1, 0.15) is 13.3 Å². The molecule has 1 aromatic rings. The van der Waals surface area contributed by atoms with Gasteiger partial charge in [0.2, 0.25) is 5.91 Å². The number of anilines is 1. The highest BCUT2D eigenvalue weighted by Gasteiger charge is 2.22. The Hall–Kier alpha value is -1.89. The lowest BCUT2D eigenvalue weighted by Crippen LogP contribution is -2.32. The molecule has 0 heterocycles. The quantitative estimate of drug-likeness (QED) is 0.784. The van der Waals surface area contributed by atoms with E-state index < -0.39 is 11.7 Å². The smallest absolute Gasteiger partial charge is 0.244 e. The summed E-state index contributed by atoms with van der Waals surface area (Å²) in [5.74, 6) is -1.56. The zero-order chi connectivity index (χ0) is 12.1. The molecule has 1 atom stereocenters. The molecule has 0 radical (unpaired) electrons. The van der Waals surface area contributed by atoms with Crippen LogP contribution in [0.4, 0.5) is 10.1 Å². The van der Waals surface area contributed by atoms with Gasteiger partial charge in [-0.05, 0) is 18.6 Å². The highest BCUT2D eigenvalue weighted by atomic mass is 19.1. The number of hydrogen-bond acceptors (Lipinski definition) is 2. The van der Waals surface area contributed by atoms with Crippen molar-refractivity contribution in [1.82, 2.24) is 0 Å². The lowest BCUT2D eigenvalue weighted by molar-refractivity contribution is -0.120. The Bertz CT molecular complexity index is 425. The molecule has 0 saturated carbocycles. The van der Waals surface area contributed by atoms with Crippen LogP contribution in [0.15, 0.2) is 24.3 Å². The first-order valence-corrected chi connectivity index (χ1v) is 5.03. The molecule has 0 aliphatic rings. The second kappa shape index (κ2) is 5.26. The summed E-state index contributed by atoms with van der Waals surface area (Å²) >= 11 is 0. The van der Waals surface area contributed by atoms with Gasteiger partial charge in [0, 0.05) is 7.05 Å². The summed E-state index contributed by atoms with van der Waals surface area (Å²) in [5.41, 5.74) is 0.196. The Morgan fingerprint density at radius 1 is 1.56 bits per heavy atom. The van der Waals surface area contributed by atoms with Crippen LogP contribution >= 0.6 is 0 Å². The Morgan fingerprint density at radius 3 is 2.69 bits per heavy atom. The number of rotatable bonds is 3. The molecule has 0 N–H and O–H groups in total. The third-order valence-corrected chi connectivity index (χ3v) is 2.41. The molecular formula is C12H13FN2O. The van der Waals surface area contributed by atoms with Crippen molar-refractivity contribution >= 4 is 11.6 Å². The van der Waals surface area contributed by atoms with Crippen LogP contribution in [-0.4, -0.2) is 13.0 Å². The van der Waals surface area contributed by atoms with Crippen LogP contribution in [0.3, 0.4) is 0 Å². The van der Waals surface area contributed by atoms with Crippen LogP contribution in [0.2, 0.25) is 0 Å². The maximum atomic E-state index is 13.4. The number of benzene rings is 1. The first-order chi connectivity index (χ1) is 7.61. The minimum atomic E-state index is -0.718. The Morgan fingerprint density at radius 2 is 2.19 bits per heavy atom. The zero-order valence-electron chi connectivity index (χ0n) is 9.27. The highest BCUT2D eigenvalue weighted by Crippen LogP contribution is 2.19. The molecule has 0 aliphatic heterocycles. The molecular weight excluding hydrogens is 207 g/mol. The summed E-state index contributed by atoms with van der Waals surface area (Å²) in [6.45, 7) is 1.75. The van der Waals surface area contributed by atoms with Crippen molar-refractivity contribution in [3.8, 4) is 6.07 Å². The molecule has 1 aromatic carbocycles. The van der Waals surface area contributed by atoms with Crippen LogP contribution in [-0.2, 0) is 4.79 Å². The van der Waals surface area contributed by atoms with Gasteiger partial charge in [0.1, 0.15) is 11.7 Å². The van der Waals surface area contributed by atoms with Gasteiger partial charge in [0.05, 0.1) is 11.8 Å². The summed E-state index contributed by atoms with van der Waals surface area (Å²) in [4.78, 5) is 13.0. The lowest BCUT2D eigenvalue weighted by atomic mass is 10.1. The van der Waals surface area contributed by atoms with Crippen LogP contribution in [0.25, 0.3) is 0 Å². The van der Waals surface area contributed by atoms with Crippen LogP contribution in [0.5, 0.6) is 0 Å². The summed E-state index contributed by atoms with van der Waals surface area (Å²) in [6.07, 6.45) is 0.425. The van der Waals surface area contributed by atoms with Gasteiger partial charge in [-0.1, -0.05) is 19.1 Å². The Kier molecular flexibility index (Phi) is 4.01. The summed E-state index contributed by atoms with van der Waals surface area (Å²) in [5, 5.41) is 8.77. The molecule has 0 spiro atoms. The fourth-order valence-corrected chi connectivity index (χ4v) is 1.40. The molecule has 3 nitrogen and oxygen atoms in total. The highest BCUT2D eigenvalue weighted by molar-refractivity contribution is 5.96. The van der Waals surface area contributed by atoms with E-state index in [0.29, 0.717) is 6.42 Å². The van der Waals surface area contributed by atoms with Gasteiger partial charge in [-0.15, -0.1) is 0 Å². The maximum Gasteiger partial charge on any atom is 0.244 e. The summed E-state index contributed by atoms with van der Waals surface area (Å²) in [7, 11) is 1.47. The number of hydrogen-bond donors (Lipinski definition) is 0. The van der Waals surface area contributed by atoms with Crippen molar-refractivity contribution in [3.63, 3.8) is 0 Å². The number of halogens is 1. The molecule has 1 amide bonds. The van der Waals surface area contributed by atoms with Crippen molar-refractivity contribution < 1.29 is 9.18 Å². The van der Waals surface area contributed by atoms with E-state index in [-0.39, 0.29) is 11.6 Å². The van der Waals surface area contributed by atoms with Gasteiger partial charge < -0.3 is 4.90 Å². The first kappa shape index (κ1) is 12.2. The van der Waals surface area contributed by atoms with Crippen molar-refractivity contribution in [3.05, 3.63) is 30.1 Å². The minimum absolute atomic E-state index is 0.196. The predicted molar refractivity (Wildman–Crippen MR) is 59.2 cm³/mol. The number of carbonyl (C=O) groups excluding carboxylic acids is 1. The van der Waals surface area contributed by atoms with Crippen molar-refractivity contribution in [2.75, 3.05) is 11.9 Å². The number of para-hydroxylation sites is 1. The van der Waals surface area contributed by atoms with Gasteiger partial charge >= 0.3 is 0 Å². The van der Waals surface area contributed by atoms with E-state index in [2.05, 4.69) is 0 Å². The normalized spacial score (nSPS) is 11.6. The fourth-order valence-electron chi connectivity index (χ4n) is 1.40. The van der Waals surface area contributed by atoms with E-state index in [0.717, 1.165) is 0 Å². The second-order valence-corrected chi connectivity index (χ2v) is 3.44. The van der Waals surface area contributed by atoms with E-state index >= 15 is 0 Å². The van der Waals surface area contributed by atoms with Gasteiger partial charge in [-0.3, -0.25) is 4.79 Å². The van der Waals surface area contributed by atoms with Crippen LogP contribution < -0.4 is 4.90 Å². The third-order valence-electron chi connectivity index (χ3n) is 2.41. The molecule has 0 aromatic heterocycles. The van der Waals surface area contributed by atoms with Crippen molar-refractivity contribution in [2.24, 2.45) is 5.92 Å². The number of amides is 1. The average molecular weight is 220 g/mol. The van der Waals surface area contributed by atoms with Crippen LogP contribution in [0, 0.1) is 23.1 Å². The van der Waals surface area contributed by atoms with E-state index in [4.69, 9.17) is 5.26 Å². The molecule has 16 heavy (non-hydrogen) atoms. The van der Waals surface area contributed by atoms with Crippen molar-refractivity contribution in [1.29, 1.82) is 5.26 Å². The molecule has 1 unspecified atom stereocenters. The standard InChI is InChI=1S/C12H13FN2O/c1-3-9(8-14)12(16)15(2)11-7-5-4-6-10(11)13/h4-7,9H,3H2,1-2H3. The number of carbonyl (C=O) groups is 1. The first-order valence-electron chi connectivity index (χ1n) is 5.03. The summed E-state index contributed by atoms with van der Waals surface area (Å²) < 4.78 is 13.4. The largest absolute Gasteiger partial charge is 0.312 e. The third kappa shape index (κ3) is 2.37. The topological polar surface area (TPSA) is 44.1 Å². The van der Waals surface area contributed by atoms with E-state index in [9.17, 15) is 9.18 Å². The van der Waals surface area contributed by atoms with E-state index in [1.54, 1.807) is 19.1 Å². The maximum absolute atomic E-state index is 13.4. The molecule has 4 heteroatoms. The van der Waals surface area contributed by atoms with Gasteiger partial charge in [0.15, 0.2) is 0 Å². The van der Waals surface area contributed by atoms with Gasteiger partial charge in [-0.25, -0.2) is 4.39 Å². The molecule has 0 saturated heterocycles. The van der Waals surface area contributed by atoms with Crippen molar-refractivity contribution in [2.45, 2.75) is 13.3 Å². The van der Waals surface area contributed by atoms with Gasteiger partial charge in [-0.2, -0.15) is 5.26 Å². The predicted octanol–water partition coefficient (Wildman–Crippen LogP) is 2.34. The SMILES string of the molecule is CCC(C#N)C(=O)N(C)c1ccccc1F.